The topological polar surface area (TPSA) is 27.0 Å². The van der Waals surface area contributed by atoms with E-state index in [1.165, 1.54) is 38.2 Å². The molecule has 2 heteroatoms. The fourth-order valence-corrected chi connectivity index (χ4v) is 4.53. The van der Waals surface area contributed by atoms with Crippen LogP contribution in [0.2, 0.25) is 0 Å². The zero-order chi connectivity index (χ0) is 19.1. The molecule has 1 aliphatic heterocycles. The summed E-state index contributed by atoms with van der Waals surface area (Å²) in [5, 5.41) is 15.0. The molecular weight excluding hydrogens is 340 g/mol. The van der Waals surface area contributed by atoms with Crippen LogP contribution in [0.1, 0.15) is 17.2 Å². The first-order valence-electron chi connectivity index (χ1n) is 9.59. The number of hydrogen-bond acceptors (Lipinski definition) is 2. The van der Waals surface area contributed by atoms with Gasteiger partial charge in [0, 0.05) is 13.1 Å². The Morgan fingerprint density at radius 1 is 0.893 bits per heavy atom. The first kappa shape index (κ1) is 16.7. The second kappa shape index (κ2) is 6.64. The number of benzene rings is 4. The van der Waals surface area contributed by atoms with Crippen LogP contribution in [0.4, 0.5) is 0 Å². The molecule has 4 aromatic carbocycles. The molecule has 28 heavy (non-hydrogen) atoms. The van der Waals surface area contributed by atoms with Gasteiger partial charge in [-0.25, -0.2) is 0 Å². The normalized spacial score (nSPS) is 16.2. The van der Waals surface area contributed by atoms with Crippen LogP contribution >= 0.6 is 0 Å². The summed E-state index contributed by atoms with van der Waals surface area (Å²) in [5.41, 5.74) is 4.80. The summed E-state index contributed by atoms with van der Waals surface area (Å²) in [7, 11) is 0. The molecule has 5 rings (SSSR count). The van der Waals surface area contributed by atoms with Gasteiger partial charge in [-0.05, 0) is 43.8 Å². The molecule has 0 aliphatic carbocycles. The summed E-state index contributed by atoms with van der Waals surface area (Å²) in [6.07, 6.45) is 1.89. The molecule has 0 unspecified atom stereocenters. The molecule has 0 amide bonds. The van der Waals surface area contributed by atoms with Crippen molar-refractivity contribution in [1.82, 2.24) is 4.90 Å². The van der Waals surface area contributed by atoms with E-state index < -0.39 is 0 Å². The van der Waals surface area contributed by atoms with E-state index in [9.17, 15) is 5.26 Å². The molecule has 1 aliphatic rings. The van der Waals surface area contributed by atoms with E-state index in [0.29, 0.717) is 6.54 Å². The Balaban J connectivity index is 1.97. The molecular formula is C26H20N2. The minimum atomic E-state index is -0.302. The van der Waals surface area contributed by atoms with Gasteiger partial charge >= 0.3 is 0 Å². The van der Waals surface area contributed by atoms with Gasteiger partial charge in [0.25, 0.3) is 0 Å². The Kier molecular flexibility index (Phi) is 3.97. The molecule has 1 atom stereocenters. The van der Waals surface area contributed by atoms with Crippen LogP contribution in [-0.2, 0) is 6.54 Å². The maximum absolute atomic E-state index is 10.1. The van der Waals surface area contributed by atoms with Crippen molar-refractivity contribution in [2.24, 2.45) is 0 Å². The Labute approximate surface area is 164 Å². The quantitative estimate of drug-likeness (QED) is 0.396. The zero-order valence-corrected chi connectivity index (χ0v) is 15.6. The zero-order valence-electron chi connectivity index (χ0n) is 15.6. The molecule has 0 saturated heterocycles. The molecule has 0 spiro atoms. The SMILES string of the molecule is C=CCN1Cc2ccc3ccccc3c2-c2c(ccc3ccccc23)[C@@H]1C#N. The van der Waals surface area contributed by atoms with Gasteiger partial charge in [-0.15, -0.1) is 6.58 Å². The van der Waals surface area contributed by atoms with Crippen molar-refractivity contribution < 1.29 is 0 Å². The Bertz CT molecular complexity index is 1260. The van der Waals surface area contributed by atoms with Gasteiger partial charge in [0.05, 0.1) is 6.07 Å². The average Bonchev–Trinajstić information content (AvgIpc) is 2.88. The number of hydrogen-bond donors (Lipinski definition) is 0. The van der Waals surface area contributed by atoms with Crippen LogP contribution in [0, 0.1) is 11.3 Å². The highest BCUT2D eigenvalue weighted by molar-refractivity contribution is 6.08. The van der Waals surface area contributed by atoms with E-state index in [1.54, 1.807) is 0 Å². The van der Waals surface area contributed by atoms with E-state index >= 15 is 0 Å². The predicted octanol–water partition coefficient (Wildman–Crippen LogP) is 6.23. The van der Waals surface area contributed by atoms with Crippen molar-refractivity contribution in [3.63, 3.8) is 0 Å². The van der Waals surface area contributed by atoms with Gasteiger partial charge in [-0.1, -0.05) is 78.9 Å². The van der Waals surface area contributed by atoms with Crippen LogP contribution in [-0.4, -0.2) is 11.4 Å². The van der Waals surface area contributed by atoms with Crippen molar-refractivity contribution in [1.29, 1.82) is 5.26 Å². The molecule has 0 N–H and O–H groups in total. The third-order valence-corrected chi connectivity index (χ3v) is 5.75. The van der Waals surface area contributed by atoms with E-state index in [4.69, 9.17) is 0 Å². The van der Waals surface area contributed by atoms with Crippen molar-refractivity contribution in [3.8, 4) is 17.2 Å². The van der Waals surface area contributed by atoms with E-state index in [2.05, 4.69) is 90.3 Å². The Hall–Kier alpha value is -3.41. The van der Waals surface area contributed by atoms with Gasteiger partial charge in [0.2, 0.25) is 0 Å². The molecule has 1 heterocycles. The van der Waals surface area contributed by atoms with Gasteiger partial charge in [-0.2, -0.15) is 5.26 Å². The van der Waals surface area contributed by atoms with Crippen LogP contribution < -0.4 is 0 Å². The fourth-order valence-electron chi connectivity index (χ4n) is 4.53. The number of nitrogens with zero attached hydrogens (tertiary/aromatic N) is 2. The minimum absolute atomic E-state index is 0.302. The maximum atomic E-state index is 10.1. The summed E-state index contributed by atoms with van der Waals surface area (Å²) in [4.78, 5) is 2.21. The summed E-state index contributed by atoms with van der Waals surface area (Å²) < 4.78 is 0. The first-order chi connectivity index (χ1) is 13.8. The Morgan fingerprint density at radius 3 is 2.21 bits per heavy atom. The lowest BCUT2D eigenvalue weighted by Crippen LogP contribution is -2.26. The second-order valence-corrected chi connectivity index (χ2v) is 7.32. The van der Waals surface area contributed by atoms with Crippen molar-refractivity contribution in [2.45, 2.75) is 12.6 Å². The van der Waals surface area contributed by atoms with Crippen molar-refractivity contribution in [3.05, 3.63) is 96.6 Å². The standard InChI is InChI=1S/C26H20N2/c1-2-15-28-17-20-12-11-18-7-3-5-9-21(18)25(20)26-22-10-6-4-8-19(22)13-14-23(26)24(28)16-27/h2-14,24H,1,15,17H2/t24-/m0/s1. The number of rotatable bonds is 2. The third kappa shape index (κ3) is 2.45. The maximum Gasteiger partial charge on any atom is 0.125 e. The first-order valence-corrected chi connectivity index (χ1v) is 9.59. The monoisotopic (exact) mass is 360 g/mol. The highest BCUT2D eigenvalue weighted by Crippen LogP contribution is 2.45. The molecule has 134 valence electrons. The third-order valence-electron chi connectivity index (χ3n) is 5.75. The van der Waals surface area contributed by atoms with Gasteiger partial charge in [0.1, 0.15) is 6.04 Å². The molecule has 0 saturated carbocycles. The highest BCUT2D eigenvalue weighted by atomic mass is 15.2. The van der Waals surface area contributed by atoms with Crippen LogP contribution in [0.15, 0.2) is 85.5 Å². The van der Waals surface area contributed by atoms with E-state index in [0.717, 1.165) is 12.1 Å². The predicted molar refractivity (Wildman–Crippen MR) is 116 cm³/mol. The fraction of sp³-hybridized carbons (Fsp3) is 0.115. The summed E-state index contributed by atoms with van der Waals surface area (Å²) in [6, 6.07) is 28.0. The molecule has 0 fully saturated rings. The Morgan fingerprint density at radius 2 is 1.54 bits per heavy atom. The van der Waals surface area contributed by atoms with Crippen molar-refractivity contribution >= 4 is 21.5 Å². The lowest BCUT2D eigenvalue weighted by Gasteiger charge is -2.24. The van der Waals surface area contributed by atoms with Crippen LogP contribution in [0.5, 0.6) is 0 Å². The van der Waals surface area contributed by atoms with Gasteiger partial charge < -0.3 is 0 Å². The summed E-state index contributed by atoms with van der Waals surface area (Å²) in [6.45, 7) is 5.32. The smallest absolute Gasteiger partial charge is 0.125 e. The van der Waals surface area contributed by atoms with E-state index in [1.807, 2.05) is 6.08 Å². The molecule has 0 aromatic heterocycles. The van der Waals surface area contributed by atoms with Gasteiger partial charge in [-0.3, -0.25) is 4.90 Å². The molecule has 0 bridgehead atoms. The average molecular weight is 360 g/mol. The molecule has 2 nitrogen and oxygen atoms in total. The largest absolute Gasteiger partial charge is 0.276 e. The van der Waals surface area contributed by atoms with Crippen LogP contribution in [0.25, 0.3) is 32.7 Å². The summed E-state index contributed by atoms with van der Waals surface area (Å²) >= 11 is 0. The molecule has 4 aromatic rings. The van der Waals surface area contributed by atoms with E-state index in [-0.39, 0.29) is 6.04 Å². The van der Waals surface area contributed by atoms with Crippen molar-refractivity contribution in [2.75, 3.05) is 6.54 Å². The minimum Gasteiger partial charge on any atom is -0.276 e. The lowest BCUT2D eigenvalue weighted by atomic mass is 9.86. The molecule has 0 radical (unpaired) electrons. The summed E-state index contributed by atoms with van der Waals surface area (Å²) in [5.74, 6) is 0. The second-order valence-electron chi connectivity index (χ2n) is 7.32. The lowest BCUT2D eigenvalue weighted by molar-refractivity contribution is 0.256. The number of nitriles is 1. The van der Waals surface area contributed by atoms with Crippen LogP contribution in [0.3, 0.4) is 0 Å². The highest BCUT2D eigenvalue weighted by Gasteiger charge is 2.29. The van der Waals surface area contributed by atoms with Gasteiger partial charge in [0.15, 0.2) is 0 Å². The number of fused-ring (bicyclic) bond motifs is 7.